The van der Waals surface area contributed by atoms with E-state index in [1.807, 2.05) is 0 Å². The van der Waals surface area contributed by atoms with E-state index in [4.69, 9.17) is 4.42 Å². The fourth-order valence-corrected chi connectivity index (χ4v) is 2.63. The Bertz CT molecular complexity index is 634. The number of piperidine rings is 1. The summed E-state index contributed by atoms with van der Waals surface area (Å²) in [6.45, 7) is 4.68. The molecule has 2 aromatic heterocycles. The molecule has 3 heterocycles. The summed E-state index contributed by atoms with van der Waals surface area (Å²) in [6.07, 6.45) is 4.91. The molecular formula is C15H20N4O3. The second kappa shape index (κ2) is 5.57. The summed E-state index contributed by atoms with van der Waals surface area (Å²) >= 11 is 0. The molecule has 0 aromatic carbocycles. The van der Waals surface area contributed by atoms with E-state index in [9.17, 15) is 9.90 Å². The topological polar surface area (TPSA) is 84.4 Å². The Labute approximate surface area is 128 Å². The molecule has 0 atom stereocenters. The maximum absolute atomic E-state index is 12.2. The Morgan fingerprint density at radius 2 is 2.14 bits per heavy atom. The van der Waals surface area contributed by atoms with Gasteiger partial charge in [0, 0.05) is 13.1 Å². The first-order valence-electron chi connectivity index (χ1n) is 7.42. The molecule has 1 aliphatic heterocycles. The van der Waals surface area contributed by atoms with E-state index >= 15 is 0 Å². The van der Waals surface area contributed by atoms with E-state index in [2.05, 4.69) is 10.3 Å². The molecule has 0 saturated carbocycles. The minimum atomic E-state index is -0.992. The summed E-state index contributed by atoms with van der Waals surface area (Å²) in [6, 6.07) is 3.60. The van der Waals surface area contributed by atoms with E-state index in [0.717, 1.165) is 12.8 Å². The SMILES string of the molecule is CC(C)(O)c1cn(C2CCN(C(=O)c3ccco3)CC2)nn1. The monoisotopic (exact) mass is 304 g/mol. The quantitative estimate of drug-likeness (QED) is 0.930. The van der Waals surface area contributed by atoms with Gasteiger partial charge in [-0.05, 0) is 38.8 Å². The van der Waals surface area contributed by atoms with Crippen LogP contribution in [0.5, 0.6) is 0 Å². The van der Waals surface area contributed by atoms with Gasteiger partial charge >= 0.3 is 0 Å². The lowest BCUT2D eigenvalue weighted by atomic mass is 10.0. The third-order valence-corrected chi connectivity index (χ3v) is 3.99. The van der Waals surface area contributed by atoms with Crippen LogP contribution in [0.25, 0.3) is 0 Å². The molecule has 0 radical (unpaired) electrons. The Balaban J connectivity index is 1.62. The van der Waals surface area contributed by atoms with Crippen LogP contribution in [0, 0.1) is 0 Å². The van der Waals surface area contributed by atoms with Gasteiger partial charge in [-0.25, -0.2) is 4.68 Å². The van der Waals surface area contributed by atoms with Gasteiger partial charge in [0.15, 0.2) is 5.76 Å². The highest BCUT2D eigenvalue weighted by Crippen LogP contribution is 2.25. The Hall–Kier alpha value is -2.15. The molecule has 0 spiro atoms. The van der Waals surface area contributed by atoms with Crippen LogP contribution in [0.15, 0.2) is 29.0 Å². The van der Waals surface area contributed by atoms with E-state index in [-0.39, 0.29) is 11.9 Å². The van der Waals surface area contributed by atoms with Crippen molar-refractivity contribution in [1.29, 1.82) is 0 Å². The second-order valence-corrected chi connectivity index (χ2v) is 6.14. The summed E-state index contributed by atoms with van der Waals surface area (Å²) in [4.78, 5) is 14.0. The third kappa shape index (κ3) is 2.89. The van der Waals surface area contributed by atoms with Crippen LogP contribution in [0.1, 0.15) is 49.0 Å². The Morgan fingerprint density at radius 1 is 1.41 bits per heavy atom. The standard InChI is InChI=1S/C15H20N4O3/c1-15(2,21)13-10-19(17-16-13)11-5-7-18(8-6-11)14(20)12-4-3-9-22-12/h3-4,9-11,21H,5-8H2,1-2H3. The zero-order chi connectivity index (χ0) is 15.7. The predicted octanol–water partition coefficient (Wildman–Crippen LogP) is 1.58. The number of likely N-dealkylation sites (tertiary alicyclic amines) is 1. The minimum Gasteiger partial charge on any atom is -0.459 e. The van der Waals surface area contributed by atoms with Crippen molar-refractivity contribution < 1.29 is 14.3 Å². The molecule has 1 amide bonds. The number of amides is 1. The number of aromatic nitrogens is 3. The van der Waals surface area contributed by atoms with Crippen LogP contribution >= 0.6 is 0 Å². The van der Waals surface area contributed by atoms with Crippen LogP contribution in [0.3, 0.4) is 0 Å². The summed E-state index contributed by atoms with van der Waals surface area (Å²) in [5, 5.41) is 18.1. The molecule has 1 aliphatic rings. The first kappa shape index (κ1) is 14.8. The molecular weight excluding hydrogens is 284 g/mol. The van der Waals surface area contributed by atoms with Crippen molar-refractivity contribution in [3.05, 3.63) is 36.0 Å². The van der Waals surface area contributed by atoms with Gasteiger partial charge in [0.1, 0.15) is 11.3 Å². The fraction of sp³-hybridized carbons (Fsp3) is 0.533. The van der Waals surface area contributed by atoms with Crippen LogP contribution in [-0.4, -0.2) is 44.0 Å². The largest absolute Gasteiger partial charge is 0.459 e. The molecule has 0 bridgehead atoms. The average Bonchev–Trinajstić information content (AvgIpc) is 3.17. The van der Waals surface area contributed by atoms with E-state index in [1.165, 1.54) is 6.26 Å². The molecule has 0 unspecified atom stereocenters. The number of hydrogen-bond acceptors (Lipinski definition) is 5. The molecule has 7 heteroatoms. The first-order valence-corrected chi connectivity index (χ1v) is 7.42. The lowest BCUT2D eigenvalue weighted by Crippen LogP contribution is -2.39. The number of furan rings is 1. The van der Waals surface area contributed by atoms with Crippen molar-refractivity contribution in [2.45, 2.75) is 38.3 Å². The zero-order valence-corrected chi connectivity index (χ0v) is 12.8. The maximum Gasteiger partial charge on any atom is 0.289 e. The highest BCUT2D eigenvalue weighted by Gasteiger charge is 2.28. The molecule has 7 nitrogen and oxygen atoms in total. The third-order valence-electron chi connectivity index (χ3n) is 3.99. The maximum atomic E-state index is 12.2. The fourth-order valence-electron chi connectivity index (χ4n) is 2.63. The zero-order valence-electron chi connectivity index (χ0n) is 12.8. The van der Waals surface area contributed by atoms with E-state index in [0.29, 0.717) is 24.5 Å². The van der Waals surface area contributed by atoms with Crippen LogP contribution < -0.4 is 0 Å². The van der Waals surface area contributed by atoms with E-state index in [1.54, 1.807) is 41.8 Å². The molecule has 2 aromatic rings. The molecule has 1 fully saturated rings. The lowest BCUT2D eigenvalue weighted by molar-refractivity contribution is 0.0657. The predicted molar refractivity (Wildman–Crippen MR) is 78.1 cm³/mol. The van der Waals surface area contributed by atoms with Crippen LogP contribution in [-0.2, 0) is 5.60 Å². The Morgan fingerprint density at radius 3 is 2.68 bits per heavy atom. The van der Waals surface area contributed by atoms with Crippen LogP contribution in [0.4, 0.5) is 0 Å². The number of hydrogen-bond donors (Lipinski definition) is 1. The van der Waals surface area contributed by atoms with Crippen molar-refractivity contribution in [1.82, 2.24) is 19.9 Å². The number of rotatable bonds is 3. The van der Waals surface area contributed by atoms with Crippen molar-refractivity contribution in [2.24, 2.45) is 0 Å². The number of nitrogens with zero attached hydrogens (tertiary/aromatic N) is 4. The summed E-state index contributed by atoms with van der Waals surface area (Å²) < 4.78 is 6.95. The van der Waals surface area contributed by atoms with Crippen molar-refractivity contribution in [3.8, 4) is 0 Å². The number of carbonyl (C=O) groups excluding carboxylic acids is 1. The van der Waals surface area contributed by atoms with Gasteiger partial charge in [-0.15, -0.1) is 5.10 Å². The van der Waals surface area contributed by atoms with E-state index < -0.39 is 5.60 Å². The molecule has 1 N–H and O–H groups in total. The van der Waals surface area contributed by atoms with Gasteiger partial charge in [0.05, 0.1) is 18.5 Å². The summed E-state index contributed by atoms with van der Waals surface area (Å²) in [5.41, 5.74) is -0.435. The molecule has 1 saturated heterocycles. The average molecular weight is 304 g/mol. The number of aliphatic hydroxyl groups is 1. The van der Waals surface area contributed by atoms with Crippen molar-refractivity contribution >= 4 is 5.91 Å². The van der Waals surface area contributed by atoms with Crippen molar-refractivity contribution in [2.75, 3.05) is 13.1 Å². The van der Waals surface area contributed by atoms with Gasteiger partial charge in [-0.2, -0.15) is 0 Å². The van der Waals surface area contributed by atoms with Gasteiger partial charge in [-0.3, -0.25) is 4.79 Å². The van der Waals surface area contributed by atoms with Crippen LogP contribution in [0.2, 0.25) is 0 Å². The first-order chi connectivity index (χ1) is 10.4. The smallest absolute Gasteiger partial charge is 0.289 e. The van der Waals surface area contributed by atoms with Crippen molar-refractivity contribution in [3.63, 3.8) is 0 Å². The normalized spacial score (nSPS) is 17.0. The molecule has 0 aliphatic carbocycles. The Kier molecular flexibility index (Phi) is 3.74. The number of carbonyl (C=O) groups is 1. The second-order valence-electron chi connectivity index (χ2n) is 6.14. The minimum absolute atomic E-state index is 0.0702. The summed E-state index contributed by atoms with van der Waals surface area (Å²) in [7, 11) is 0. The van der Waals surface area contributed by atoms with Gasteiger partial charge in [0.2, 0.25) is 0 Å². The highest BCUT2D eigenvalue weighted by molar-refractivity contribution is 5.91. The summed E-state index contributed by atoms with van der Waals surface area (Å²) in [5.74, 6) is 0.308. The molecule has 22 heavy (non-hydrogen) atoms. The molecule has 3 rings (SSSR count). The highest BCUT2D eigenvalue weighted by atomic mass is 16.3. The lowest BCUT2D eigenvalue weighted by Gasteiger charge is -2.31. The molecule has 118 valence electrons. The van der Waals surface area contributed by atoms with Gasteiger partial charge < -0.3 is 14.4 Å². The van der Waals surface area contributed by atoms with Gasteiger partial charge in [-0.1, -0.05) is 5.21 Å². The van der Waals surface area contributed by atoms with Gasteiger partial charge in [0.25, 0.3) is 5.91 Å².